The molecule has 1 saturated carbocycles. The Morgan fingerprint density at radius 2 is 1.95 bits per heavy atom. The zero-order valence-electron chi connectivity index (χ0n) is 12.6. The smallest absolute Gasteiger partial charge is 0.0541 e. The van der Waals surface area contributed by atoms with Gasteiger partial charge in [-0.1, -0.05) is 25.3 Å². The molecule has 106 valence electrons. The van der Waals surface area contributed by atoms with Gasteiger partial charge in [0.25, 0.3) is 0 Å². The van der Waals surface area contributed by atoms with Crippen LogP contribution in [0.4, 0.5) is 0 Å². The highest BCUT2D eigenvalue weighted by Crippen LogP contribution is 2.31. The third-order valence-electron chi connectivity index (χ3n) is 4.47. The fraction of sp³-hybridized carbons (Fsp3) is 0.688. The summed E-state index contributed by atoms with van der Waals surface area (Å²) in [5.74, 6) is 0. The van der Waals surface area contributed by atoms with Crippen molar-refractivity contribution in [1.82, 2.24) is 15.2 Å². The molecule has 1 aliphatic carbocycles. The lowest BCUT2D eigenvalue weighted by Gasteiger charge is -2.43. The maximum atomic E-state index is 4.45. The molecule has 0 atom stereocenters. The van der Waals surface area contributed by atoms with Crippen LogP contribution in [0.15, 0.2) is 18.3 Å². The van der Waals surface area contributed by atoms with E-state index in [1.807, 2.05) is 6.20 Å². The fourth-order valence-electron chi connectivity index (χ4n) is 3.02. The Hall–Kier alpha value is -0.930. The van der Waals surface area contributed by atoms with Crippen LogP contribution in [-0.2, 0) is 6.54 Å². The lowest BCUT2D eigenvalue weighted by molar-refractivity contribution is 0.0983. The third-order valence-corrected chi connectivity index (χ3v) is 4.47. The monoisotopic (exact) mass is 261 g/mol. The number of aryl methyl sites for hydroxylation is 1. The van der Waals surface area contributed by atoms with E-state index < -0.39 is 0 Å². The van der Waals surface area contributed by atoms with Gasteiger partial charge in [0.2, 0.25) is 0 Å². The van der Waals surface area contributed by atoms with Gasteiger partial charge in [-0.05, 0) is 45.5 Å². The molecule has 2 rings (SSSR count). The summed E-state index contributed by atoms with van der Waals surface area (Å²) in [6, 6.07) is 4.25. The normalized spacial score (nSPS) is 18.7. The summed E-state index contributed by atoms with van der Waals surface area (Å²) in [4.78, 5) is 6.87. The second kappa shape index (κ2) is 6.49. The molecule has 1 heterocycles. The van der Waals surface area contributed by atoms with Crippen molar-refractivity contribution in [3.8, 4) is 0 Å². The highest BCUT2D eigenvalue weighted by Gasteiger charge is 2.33. The number of aromatic nitrogens is 1. The van der Waals surface area contributed by atoms with Crippen LogP contribution in [0.25, 0.3) is 0 Å². The molecule has 1 N–H and O–H groups in total. The number of hydrogen-bond donors (Lipinski definition) is 1. The maximum absolute atomic E-state index is 4.45. The van der Waals surface area contributed by atoms with Crippen molar-refractivity contribution in [1.29, 1.82) is 0 Å². The van der Waals surface area contributed by atoms with Crippen LogP contribution in [0.3, 0.4) is 0 Å². The van der Waals surface area contributed by atoms with E-state index in [0.717, 1.165) is 18.8 Å². The topological polar surface area (TPSA) is 28.2 Å². The largest absolute Gasteiger partial charge is 0.309 e. The summed E-state index contributed by atoms with van der Waals surface area (Å²) >= 11 is 0. The van der Waals surface area contributed by atoms with E-state index in [1.165, 1.54) is 37.7 Å². The average Bonchev–Trinajstić information content (AvgIpc) is 2.42. The summed E-state index contributed by atoms with van der Waals surface area (Å²) in [6.07, 6.45) is 8.70. The van der Waals surface area contributed by atoms with Crippen LogP contribution in [0, 0.1) is 6.92 Å². The van der Waals surface area contributed by atoms with E-state index in [2.05, 4.69) is 48.4 Å². The van der Waals surface area contributed by atoms with Gasteiger partial charge in [0.05, 0.1) is 5.69 Å². The molecule has 1 aromatic heterocycles. The lowest BCUT2D eigenvalue weighted by Crippen LogP contribution is -2.52. The minimum atomic E-state index is 0.350. The molecule has 0 aliphatic heterocycles. The van der Waals surface area contributed by atoms with Gasteiger partial charge in [0, 0.05) is 24.8 Å². The summed E-state index contributed by atoms with van der Waals surface area (Å²) in [5, 5.41) is 3.61. The molecule has 3 heteroatoms. The van der Waals surface area contributed by atoms with Crippen LogP contribution in [0.5, 0.6) is 0 Å². The van der Waals surface area contributed by atoms with E-state index in [-0.39, 0.29) is 0 Å². The van der Waals surface area contributed by atoms with Gasteiger partial charge in [-0.25, -0.2) is 0 Å². The molecular formula is C16H27N3. The molecule has 1 aliphatic rings. The van der Waals surface area contributed by atoms with Gasteiger partial charge in [-0.15, -0.1) is 0 Å². The molecule has 0 unspecified atom stereocenters. The van der Waals surface area contributed by atoms with Crippen molar-refractivity contribution in [2.45, 2.75) is 51.1 Å². The summed E-state index contributed by atoms with van der Waals surface area (Å²) in [6.45, 7) is 4.01. The van der Waals surface area contributed by atoms with Gasteiger partial charge in [-0.3, -0.25) is 4.98 Å². The number of hydrogen-bond acceptors (Lipinski definition) is 3. The number of nitrogens with zero attached hydrogens (tertiary/aromatic N) is 2. The van der Waals surface area contributed by atoms with Crippen LogP contribution >= 0.6 is 0 Å². The molecule has 1 aromatic rings. The van der Waals surface area contributed by atoms with E-state index in [9.17, 15) is 0 Å². The van der Waals surface area contributed by atoms with Crippen molar-refractivity contribution in [2.75, 3.05) is 20.6 Å². The van der Waals surface area contributed by atoms with E-state index in [1.54, 1.807) is 0 Å². The summed E-state index contributed by atoms with van der Waals surface area (Å²) in [5.41, 5.74) is 2.71. The average molecular weight is 261 g/mol. The van der Waals surface area contributed by atoms with Crippen molar-refractivity contribution in [3.63, 3.8) is 0 Å². The highest BCUT2D eigenvalue weighted by molar-refractivity contribution is 5.12. The number of rotatable bonds is 5. The first-order valence-electron chi connectivity index (χ1n) is 7.42. The quantitative estimate of drug-likeness (QED) is 0.883. The van der Waals surface area contributed by atoms with Gasteiger partial charge >= 0.3 is 0 Å². The number of likely N-dealkylation sites (N-methyl/N-ethyl adjacent to an activating group) is 1. The lowest BCUT2D eigenvalue weighted by atomic mass is 9.80. The Balaban J connectivity index is 1.87. The van der Waals surface area contributed by atoms with Crippen molar-refractivity contribution in [3.05, 3.63) is 29.6 Å². The second-order valence-electron chi connectivity index (χ2n) is 6.11. The van der Waals surface area contributed by atoms with Gasteiger partial charge in [0.15, 0.2) is 0 Å². The Morgan fingerprint density at radius 3 is 2.53 bits per heavy atom. The molecule has 19 heavy (non-hydrogen) atoms. The molecule has 0 spiro atoms. The summed E-state index contributed by atoms with van der Waals surface area (Å²) in [7, 11) is 4.44. The van der Waals surface area contributed by atoms with Crippen molar-refractivity contribution in [2.24, 2.45) is 0 Å². The molecule has 0 radical (unpaired) electrons. The van der Waals surface area contributed by atoms with Crippen molar-refractivity contribution >= 4 is 0 Å². The zero-order valence-corrected chi connectivity index (χ0v) is 12.6. The van der Waals surface area contributed by atoms with E-state index >= 15 is 0 Å². The van der Waals surface area contributed by atoms with Gasteiger partial charge < -0.3 is 10.2 Å². The molecule has 0 amide bonds. The van der Waals surface area contributed by atoms with E-state index in [0.29, 0.717) is 5.54 Å². The number of nitrogens with one attached hydrogen (secondary N) is 1. The summed E-state index contributed by atoms with van der Waals surface area (Å²) < 4.78 is 0. The highest BCUT2D eigenvalue weighted by atomic mass is 15.2. The molecular weight excluding hydrogens is 234 g/mol. The third kappa shape index (κ3) is 3.77. The minimum absolute atomic E-state index is 0.350. The standard InChI is InChI=1S/C16H27N3/c1-14-7-8-15(18-11-14)12-17-13-16(19(2)3)9-5-4-6-10-16/h7-8,11,17H,4-6,9-10,12-13H2,1-3H3. The first-order valence-corrected chi connectivity index (χ1v) is 7.42. The fourth-order valence-corrected chi connectivity index (χ4v) is 3.02. The Kier molecular flexibility index (Phi) is 4.94. The minimum Gasteiger partial charge on any atom is -0.309 e. The molecule has 0 bridgehead atoms. The van der Waals surface area contributed by atoms with Crippen LogP contribution in [0.1, 0.15) is 43.4 Å². The first kappa shape index (κ1) is 14.5. The first-order chi connectivity index (χ1) is 9.12. The predicted molar refractivity (Wildman–Crippen MR) is 80.2 cm³/mol. The SMILES string of the molecule is Cc1ccc(CNCC2(N(C)C)CCCCC2)nc1. The van der Waals surface area contributed by atoms with Crippen LogP contribution in [-0.4, -0.2) is 36.1 Å². The van der Waals surface area contributed by atoms with Crippen molar-refractivity contribution < 1.29 is 0 Å². The van der Waals surface area contributed by atoms with Crippen LogP contribution in [0.2, 0.25) is 0 Å². The molecule has 0 aromatic carbocycles. The maximum Gasteiger partial charge on any atom is 0.0541 e. The Morgan fingerprint density at radius 1 is 1.21 bits per heavy atom. The van der Waals surface area contributed by atoms with E-state index in [4.69, 9.17) is 0 Å². The molecule has 3 nitrogen and oxygen atoms in total. The predicted octanol–water partition coefficient (Wildman–Crippen LogP) is 2.74. The van der Waals surface area contributed by atoms with Gasteiger partial charge in [0.1, 0.15) is 0 Å². The molecule has 1 fully saturated rings. The molecule has 0 saturated heterocycles. The number of pyridine rings is 1. The van der Waals surface area contributed by atoms with Crippen LogP contribution < -0.4 is 5.32 Å². The Labute approximate surface area is 117 Å². The Bertz CT molecular complexity index is 377. The second-order valence-corrected chi connectivity index (χ2v) is 6.11. The zero-order chi connectivity index (χ0) is 13.7. The van der Waals surface area contributed by atoms with Gasteiger partial charge in [-0.2, -0.15) is 0 Å².